The topological polar surface area (TPSA) is 53.0 Å². The first-order chi connectivity index (χ1) is 11.8. The fourth-order valence-electron chi connectivity index (χ4n) is 4.06. The Kier molecular flexibility index (Phi) is 5.07. The summed E-state index contributed by atoms with van der Waals surface area (Å²) in [6.07, 6.45) is 1.20. The van der Waals surface area contributed by atoms with E-state index >= 15 is 0 Å². The Balaban J connectivity index is 1.65. The van der Waals surface area contributed by atoms with Gasteiger partial charge in [-0.2, -0.15) is 0 Å². The summed E-state index contributed by atoms with van der Waals surface area (Å²) in [6, 6.07) is 10.3. The summed E-state index contributed by atoms with van der Waals surface area (Å²) >= 11 is 0. The van der Waals surface area contributed by atoms with E-state index in [4.69, 9.17) is 4.74 Å². The summed E-state index contributed by atoms with van der Waals surface area (Å²) in [5, 5.41) is 10.8. The first-order valence-electron chi connectivity index (χ1n) is 9.20. The van der Waals surface area contributed by atoms with Crippen LogP contribution in [0.3, 0.4) is 0 Å². The summed E-state index contributed by atoms with van der Waals surface area (Å²) in [5.41, 5.74) is 0.533. The fraction of sp³-hybridized carbons (Fsp3) is 0.650. The van der Waals surface area contributed by atoms with Crippen molar-refractivity contribution in [2.75, 3.05) is 26.2 Å². The van der Waals surface area contributed by atoms with Crippen molar-refractivity contribution in [3.8, 4) is 0 Å². The van der Waals surface area contributed by atoms with Crippen molar-refractivity contribution in [3.63, 3.8) is 0 Å². The van der Waals surface area contributed by atoms with Crippen LogP contribution in [0.5, 0.6) is 0 Å². The van der Waals surface area contributed by atoms with E-state index in [2.05, 4.69) is 17.0 Å². The van der Waals surface area contributed by atoms with Crippen molar-refractivity contribution in [2.45, 2.75) is 51.9 Å². The van der Waals surface area contributed by atoms with Gasteiger partial charge in [-0.1, -0.05) is 30.3 Å². The van der Waals surface area contributed by atoms with E-state index < -0.39 is 11.7 Å². The summed E-state index contributed by atoms with van der Waals surface area (Å²) in [7, 11) is 0. The van der Waals surface area contributed by atoms with Crippen molar-refractivity contribution >= 4 is 6.09 Å². The number of benzene rings is 1. The van der Waals surface area contributed by atoms with Crippen LogP contribution in [0.2, 0.25) is 0 Å². The molecular weight excluding hydrogens is 316 g/mol. The molecule has 2 aliphatic heterocycles. The van der Waals surface area contributed by atoms with E-state index in [1.165, 1.54) is 5.56 Å². The number of hydrogen-bond donors (Lipinski definition) is 1. The number of carbonyl (C=O) groups is 1. The highest BCUT2D eigenvalue weighted by Gasteiger charge is 2.49. The molecule has 5 heteroatoms. The first-order valence-corrected chi connectivity index (χ1v) is 9.20. The Bertz CT molecular complexity index is 599. The predicted molar refractivity (Wildman–Crippen MR) is 97.2 cm³/mol. The maximum absolute atomic E-state index is 12.4. The molecule has 2 atom stereocenters. The van der Waals surface area contributed by atoms with Gasteiger partial charge >= 0.3 is 6.09 Å². The second-order valence-electron chi connectivity index (χ2n) is 8.54. The van der Waals surface area contributed by atoms with Crippen molar-refractivity contribution < 1.29 is 14.6 Å². The standard InChI is InChI=1S/C20H30N2O3/c1-19(2,3)25-18(24)22-11-7-10-20(15-22)14-21(13-17(20)23)12-16-8-5-4-6-9-16/h4-6,8-9,17,23H,7,10-15H2,1-3H3. The predicted octanol–water partition coefficient (Wildman–Crippen LogP) is 2.88. The van der Waals surface area contributed by atoms with Crippen LogP contribution in [-0.4, -0.2) is 58.9 Å². The van der Waals surface area contributed by atoms with Crippen LogP contribution >= 0.6 is 0 Å². The Hall–Kier alpha value is -1.59. The van der Waals surface area contributed by atoms with Gasteiger partial charge in [0.1, 0.15) is 5.60 Å². The highest BCUT2D eigenvalue weighted by atomic mass is 16.6. The molecule has 0 bridgehead atoms. The third-order valence-corrected chi connectivity index (χ3v) is 5.19. The van der Waals surface area contributed by atoms with E-state index in [0.29, 0.717) is 19.6 Å². The van der Waals surface area contributed by atoms with Gasteiger partial charge in [0.05, 0.1) is 6.10 Å². The van der Waals surface area contributed by atoms with Gasteiger partial charge in [0.2, 0.25) is 0 Å². The zero-order valence-electron chi connectivity index (χ0n) is 15.6. The molecule has 1 spiro atoms. The molecule has 5 nitrogen and oxygen atoms in total. The minimum Gasteiger partial charge on any atom is -0.444 e. The number of carbonyl (C=O) groups excluding carboxylic acids is 1. The Labute approximate surface area is 150 Å². The lowest BCUT2D eigenvalue weighted by molar-refractivity contribution is -0.0200. The van der Waals surface area contributed by atoms with Crippen LogP contribution in [0.25, 0.3) is 0 Å². The number of piperidine rings is 1. The van der Waals surface area contributed by atoms with Crippen LogP contribution in [0.15, 0.2) is 30.3 Å². The second kappa shape index (κ2) is 6.96. The lowest BCUT2D eigenvalue weighted by Crippen LogP contribution is -2.52. The van der Waals surface area contributed by atoms with Crippen molar-refractivity contribution in [1.82, 2.24) is 9.80 Å². The number of likely N-dealkylation sites (tertiary alicyclic amines) is 2. The number of hydrogen-bond acceptors (Lipinski definition) is 4. The van der Waals surface area contributed by atoms with E-state index in [1.807, 2.05) is 39.0 Å². The number of nitrogens with zero attached hydrogens (tertiary/aromatic N) is 2. The highest BCUT2D eigenvalue weighted by molar-refractivity contribution is 5.68. The normalized spacial score (nSPS) is 27.7. The number of ether oxygens (including phenoxy) is 1. The van der Waals surface area contributed by atoms with Crippen LogP contribution in [0.1, 0.15) is 39.2 Å². The average Bonchev–Trinajstić information content (AvgIpc) is 2.82. The second-order valence-corrected chi connectivity index (χ2v) is 8.54. The lowest BCUT2D eigenvalue weighted by Gasteiger charge is -2.42. The zero-order chi connectivity index (χ0) is 18.1. The van der Waals surface area contributed by atoms with E-state index in [1.54, 1.807) is 4.90 Å². The van der Waals surface area contributed by atoms with E-state index in [-0.39, 0.29) is 11.5 Å². The molecule has 0 aromatic heterocycles. The Morgan fingerprint density at radius 1 is 1.28 bits per heavy atom. The number of aliphatic hydroxyl groups is 1. The largest absolute Gasteiger partial charge is 0.444 e. The lowest BCUT2D eigenvalue weighted by atomic mass is 9.77. The van der Waals surface area contributed by atoms with Gasteiger partial charge in [-0.05, 0) is 39.2 Å². The number of β-amino-alcohol motifs (C(OH)–C–C–N with tert-alkyl or cyclic N) is 1. The summed E-state index contributed by atoms with van der Waals surface area (Å²) in [6.45, 7) is 9.27. The molecule has 3 rings (SSSR count). The van der Waals surface area contributed by atoms with Gasteiger partial charge in [0.15, 0.2) is 0 Å². The quantitative estimate of drug-likeness (QED) is 0.895. The molecule has 1 aromatic rings. The molecule has 1 amide bonds. The van der Waals surface area contributed by atoms with Crippen LogP contribution in [-0.2, 0) is 11.3 Å². The third kappa shape index (κ3) is 4.33. The van der Waals surface area contributed by atoms with Gasteiger partial charge in [-0.15, -0.1) is 0 Å². The van der Waals surface area contributed by atoms with Crippen LogP contribution < -0.4 is 0 Å². The first kappa shape index (κ1) is 18.2. The molecule has 0 radical (unpaired) electrons. The van der Waals surface area contributed by atoms with Gasteiger partial charge < -0.3 is 14.7 Å². The molecule has 2 saturated heterocycles. The molecule has 0 aliphatic carbocycles. The molecule has 2 heterocycles. The maximum Gasteiger partial charge on any atom is 0.410 e. The molecule has 1 aromatic carbocycles. The Morgan fingerprint density at radius 3 is 2.68 bits per heavy atom. The molecular formula is C20H30N2O3. The SMILES string of the molecule is CC(C)(C)OC(=O)N1CCCC2(CN(Cc3ccccc3)CC2O)C1. The number of amides is 1. The summed E-state index contributed by atoms with van der Waals surface area (Å²) in [4.78, 5) is 16.5. The van der Waals surface area contributed by atoms with Crippen molar-refractivity contribution in [1.29, 1.82) is 0 Å². The zero-order valence-corrected chi connectivity index (χ0v) is 15.6. The van der Waals surface area contributed by atoms with E-state index in [0.717, 1.165) is 25.9 Å². The molecule has 25 heavy (non-hydrogen) atoms. The molecule has 2 aliphatic rings. The number of aliphatic hydroxyl groups excluding tert-OH is 1. The maximum atomic E-state index is 12.4. The molecule has 1 N–H and O–H groups in total. The smallest absolute Gasteiger partial charge is 0.410 e. The average molecular weight is 346 g/mol. The monoisotopic (exact) mass is 346 g/mol. The van der Waals surface area contributed by atoms with Crippen molar-refractivity contribution in [3.05, 3.63) is 35.9 Å². The molecule has 0 saturated carbocycles. The molecule has 138 valence electrons. The summed E-state index contributed by atoms with van der Waals surface area (Å²) in [5.74, 6) is 0. The molecule has 2 fully saturated rings. The number of rotatable bonds is 2. The summed E-state index contributed by atoms with van der Waals surface area (Å²) < 4.78 is 5.53. The minimum atomic E-state index is -0.491. The Morgan fingerprint density at radius 2 is 2.00 bits per heavy atom. The fourth-order valence-corrected chi connectivity index (χ4v) is 4.06. The molecule has 2 unspecified atom stereocenters. The highest BCUT2D eigenvalue weighted by Crippen LogP contribution is 2.40. The van der Waals surface area contributed by atoms with Gasteiger partial charge in [-0.3, -0.25) is 4.90 Å². The van der Waals surface area contributed by atoms with Gasteiger partial charge in [-0.25, -0.2) is 4.79 Å². The van der Waals surface area contributed by atoms with Crippen molar-refractivity contribution in [2.24, 2.45) is 5.41 Å². The van der Waals surface area contributed by atoms with Crippen LogP contribution in [0.4, 0.5) is 4.79 Å². The third-order valence-electron chi connectivity index (χ3n) is 5.19. The van der Waals surface area contributed by atoms with E-state index in [9.17, 15) is 9.90 Å². The minimum absolute atomic E-state index is 0.232. The van der Waals surface area contributed by atoms with Gasteiger partial charge in [0.25, 0.3) is 0 Å². The van der Waals surface area contributed by atoms with Crippen LogP contribution in [0, 0.1) is 5.41 Å². The van der Waals surface area contributed by atoms with Gasteiger partial charge in [0, 0.05) is 38.1 Å².